The van der Waals surface area contributed by atoms with Crippen LogP contribution in [0.4, 0.5) is 5.69 Å². The predicted molar refractivity (Wildman–Crippen MR) is 115 cm³/mol. The van der Waals surface area contributed by atoms with Crippen molar-refractivity contribution in [2.75, 3.05) is 11.4 Å². The Hall–Kier alpha value is -3.60. The van der Waals surface area contributed by atoms with E-state index in [2.05, 4.69) is 5.32 Å². The third-order valence-corrected chi connectivity index (χ3v) is 5.79. The molecule has 1 unspecified atom stereocenters. The molecular weight excluding hydrogens is 376 g/mol. The first-order chi connectivity index (χ1) is 14.7. The van der Waals surface area contributed by atoms with Crippen molar-refractivity contribution in [1.82, 2.24) is 5.32 Å². The summed E-state index contributed by atoms with van der Waals surface area (Å²) in [5, 5.41) is 2.89. The van der Waals surface area contributed by atoms with E-state index in [0.29, 0.717) is 24.5 Å². The molecule has 0 aromatic heterocycles. The van der Waals surface area contributed by atoms with Gasteiger partial charge in [-0.3, -0.25) is 14.5 Å². The Bertz CT molecular complexity index is 1090. The summed E-state index contributed by atoms with van der Waals surface area (Å²) < 4.78 is 6.05. The fraction of sp³-hybridized carbons (Fsp3) is 0.200. The monoisotopic (exact) mass is 398 g/mol. The molecule has 5 rings (SSSR count). The number of amides is 2. The van der Waals surface area contributed by atoms with Crippen LogP contribution < -0.4 is 15.0 Å². The molecule has 30 heavy (non-hydrogen) atoms. The molecular formula is C25H22N2O3. The number of hydrogen-bond donors (Lipinski definition) is 1. The molecule has 5 heteroatoms. The van der Waals surface area contributed by atoms with Gasteiger partial charge in [-0.15, -0.1) is 0 Å². The highest BCUT2D eigenvalue weighted by Gasteiger charge is 2.43. The third kappa shape index (κ3) is 2.86. The maximum Gasteiger partial charge on any atom is 0.243 e. The topological polar surface area (TPSA) is 58.6 Å². The molecule has 1 N–H and O–H groups in total. The summed E-state index contributed by atoms with van der Waals surface area (Å²) in [4.78, 5) is 28.7. The summed E-state index contributed by atoms with van der Waals surface area (Å²) in [6, 6.07) is 22.4. The van der Waals surface area contributed by atoms with Gasteiger partial charge in [0.15, 0.2) is 0 Å². The summed E-state index contributed by atoms with van der Waals surface area (Å²) in [6.07, 6.45) is 0.514. The summed E-state index contributed by atoms with van der Waals surface area (Å²) in [5.41, 5.74) is 3.46. The van der Waals surface area contributed by atoms with Crippen molar-refractivity contribution in [2.24, 2.45) is 0 Å². The van der Waals surface area contributed by atoms with Crippen LogP contribution in [-0.4, -0.2) is 24.4 Å². The fourth-order valence-electron chi connectivity index (χ4n) is 4.48. The number of ether oxygens (including phenoxy) is 1. The van der Waals surface area contributed by atoms with Crippen LogP contribution in [0.15, 0.2) is 72.8 Å². The van der Waals surface area contributed by atoms with Gasteiger partial charge < -0.3 is 10.1 Å². The Morgan fingerprint density at radius 2 is 1.53 bits per heavy atom. The second-order valence-corrected chi connectivity index (χ2v) is 7.56. The lowest BCUT2D eigenvalue weighted by Crippen LogP contribution is -2.49. The standard InChI is InChI=1S/C25H22N2O3/c1-2-26-24(28)20-15-16-9-3-6-12-19(16)27(20)25(29)23-17-10-4-7-13-21(17)30-22-14-8-5-11-18(22)23/h3-14,20,23H,2,15H2,1H3,(H,26,28). The van der Waals surface area contributed by atoms with Crippen molar-refractivity contribution >= 4 is 17.5 Å². The van der Waals surface area contributed by atoms with E-state index in [1.165, 1.54) is 0 Å². The summed E-state index contributed by atoms with van der Waals surface area (Å²) in [6.45, 7) is 2.41. The van der Waals surface area contributed by atoms with E-state index in [1.807, 2.05) is 79.7 Å². The van der Waals surface area contributed by atoms with Crippen molar-refractivity contribution < 1.29 is 14.3 Å². The fourth-order valence-corrected chi connectivity index (χ4v) is 4.48. The molecule has 0 saturated heterocycles. The van der Waals surface area contributed by atoms with Gasteiger partial charge in [-0.05, 0) is 30.7 Å². The molecule has 1 atom stereocenters. The van der Waals surface area contributed by atoms with Gasteiger partial charge in [-0.25, -0.2) is 0 Å². The number of likely N-dealkylation sites (N-methyl/N-ethyl adjacent to an activating group) is 1. The average Bonchev–Trinajstić information content (AvgIpc) is 3.17. The number of benzene rings is 3. The van der Waals surface area contributed by atoms with E-state index in [1.54, 1.807) is 4.90 Å². The molecule has 2 amide bonds. The molecule has 0 aliphatic carbocycles. The van der Waals surface area contributed by atoms with Crippen LogP contribution in [0, 0.1) is 0 Å². The molecule has 3 aromatic carbocycles. The molecule has 0 radical (unpaired) electrons. The normalized spacial score (nSPS) is 16.8. The van der Waals surface area contributed by atoms with Gasteiger partial charge in [0, 0.05) is 29.8 Å². The zero-order valence-electron chi connectivity index (χ0n) is 16.7. The van der Waals surface area contributed by atoms with Gasteiger partial charge >= 0.3 is 0 Å². The van der Waals surface area contributed by atoms with Crippen LogP contribution in [0.5, 0.6) is 11.5 Å². The number of fused-ring (bicyclic) bond motifs is 3. The van der Waals surface area contributed by atoms with Gasteiger partial charge in [0.25, 0.3) is 0 Å². The number of nitrogens with one attached hydrogen (secondary N) is 1. The summed E-state index contributed by atoms with van der Waals surface area (Å²) >= 11 is 0. The molecule has 0 fully saturated rings. The second-order valence-electron chi connectivity index (χ2n) is 7.56. The molecule has 5 nitrogen and oxygen atoms in total. The molecule has 3 aromatic rings. The number of carbonyl (C=O) groups is 2. The Labute approximate surface area is 175 Å². The maximum absolute atomic E-state index is 14.1. The van der Waals surface area contributed by atoms with Crippen molar-refractivity contribution in [1.29, 1.82) is 0 Å². The lowest BCUT2D eigenvalue weighted by Gasteiger charge is -2.33. The first kappa shape index (κ1) is 18.4. The molecule has 2 aliphatic heterocycles. The minimum absolute atomic E-state index is 0.112. The van der Waals surface area contributed by atoms with Crippen LogP contribution >= 0.6 is 0 Å². The van der Waals surface area contributed by atoms with E-state index < -0.39 is 12.0 Å². The van der Waals surface area contributed by atoms with E-state index in [-0.39, 0.29) is 11.8 Å². The van der Waals surface area contributed by atoms with Gasteiger partial charge in [0.1, 0.15) is 17.5 Å². The molecule has 0 spiro atoms. The zero-order valence-corrected chi connectivity index (χ0v) is 16.7. The van der Waals surface area contributed by atoms with Gasteiger partial charge in [-0.1, -0.05) is 54.6 Å². The van der Waals surface area contributed by atoms with Crippen LogP contribution in [0.25, 0.3) is 0 Å². The highest BCUT2D eigenvalue weighted by atomic mass is 16.5. The Kier molecular flexibility index (Phi) is 4.51. The van der Waals surface area contributed by atoms with E-state index in [4.69, 9.17) is 4.74 Å². The highest BCUT2D eigenvalue weighted by Crippen LogP contribution is 2.46. The molecule has 2 aliphatic rings. The van der Waals surface area contributed by atoms with Gasteiger partial charge in [0.2, 0.25) is 11.8 Å². The smallest absolute Gasteiger partial charge is 0.243 e. The SMILES string of the molecule is CCNC(=O)C1Cc2ccccc2N1C(=O)C1c2ccccc2Oc2ccccc21. The van der Waals surface area contributed by atoms with Crippen molar-refractivity contribution in [3.05, 3.63) is 89.5 Å². The summed E-state index contributed by atoms with van der Waals surface area (Å²) in [5.74, 6) is 0.581. The maximum atomic E-state index is 14.1. The Morgan fingerprint density at radius 3 is 2.20 bits per heavy atom. The number of rotatable bonds is 3. The minimum atomic E-state index is -0.558. The van der Waals surface area contributed by atoms with Crippen LogP contribution in [-0.2, 0) is 16.0 Å². The zero-order chi connectivity index (χ0) is 20.7. The van der Waals surface area contributed by atoms with E-state index in [0.717, 1.165) is 22.4 Å². The first-order valence-corrected chi connectivity index (χ1v) is 10.2. The number of carbonyl (C=O) groups excluding carboxylic acids is 2. The quantitative estimate of drug-likeness (QED) is 0.725. The van der Waals surface area contributed by atoms with Crippen molar-refractivity contribution in [3.63, 3.8) is 0 Å². The second kappa shape index (κ2) is 7.34. The average molecular weight is 398 g/mol. The molecule has 0 saturated carbocycles. The summed E-state index contributed by atoms with van der Waals surface area (Å²) in [7, 11) is 0. The van der Waals surface area contributed by atoms with Crippen LogP contribution in [0.3, 0.4) is 0 Å². The molecule has 0 bridgehead atoms. The predicted octanol–water partition coefficient (Wildman–Crippen LogP) is 4.02. The number of para-hydroxylation sites is 3. The van der Waals surface area contributed by atoms with Gasteiger partial charge in [-0.2, -0.15) is 0 Å². The van der Waals surface area contributed by atoms with Gasteiger partial charge in [0.05, 0.1) is 5.92 Å². The third-order valence-electron chi connectivity index (χ3n) is 5.79. The molecule has 150 valence electrons. The molecule has 2 heterocycles. The minimum Gasteiger partial charge on any atom is -0.457 e. The first-order valence-electron chi connectivity index (χ1n) is 10.2. The number of hydrogen-bond acceptors (Lipinski definition) is 3. The van der Waals surface area contributed by atoms with Crippen LogP contribution in [0.1, 0.15) is 29.5 Å². The van der Waals surface area contributed by atoms with Crippen molar-refractivity contribution in [3.8, 4) is 11.5 Å². The highest BCUT2D eigenvalue weighted by molar-refractivity contribution is 6.08. The lowest BCUT2D eigenvalue weighted by molar-refractivity contribution is -0.126. The number of anilines is 1. The van der Waals surface area contributed by atoms with E-state index in [9.17, 15) is 9.59 Å². The number of nitrogens with zero attached hydrogens (tertiary/aromatic N) is 1. The largest absolute Gasteiger partial charge is 0.457 e. The lowest BCUT2D eigenvalue weighted by atomic mass is 9.86. The van der Waals surface area contributed by atoms with Crippen LogP contribution in [0.2, 0.25) is 0 Å². The Morgan fingerprint density at radius 1 is 0.933 bits per heavy atom. The van der Waals surface area contributed by atoms with E-state index >= 15 is 0 Å². The van der Waals surface area contributed by atoms with Crippen molar-refractivity contribution in [2.45, 2.75) is 25.3 Å². The Balaban J connectivity index is 1.64.